The number of benzene rings is 1. The Bertz CT molecular complexity index is 558. The van der Waals surface area contributed by atoms with Gasteiger partial charge in [-0.05, 0) is 31.7 Å². The van der Waals surface area contributed by atoms with Crippen LogP contribution in [0.3, 0.4) is 0 Å². The second kappa shape index (κ2) is 7.25. The monoisotopic (exact) mass is 299 g/mol. The van der Waals surface area contributed by atoms with E-state index in [9.17, 15) is 13.2 Å². The first-order valence-electron chi connectivity index (χ1n) is 6.41. The van der Waals surface area contributed by atoms with E-state index in [0.717, 1.165) is 12.8 Å². The molecule has 1 unspecified atom stereocenters. The summed E-state index contributed by atoms with van der Waals surface area (Å²) in [5.41, 5.74) is 0.984. The number of carbonyl (C=O) groups excluding carboxylic acids is 1. The zero-order chi connectivity index (χ0) is 15.2. The Morgan fingerprint density at radius 1 is 1.30 bits per heavy atom. The van der Waals surface area contributed by atoms with Gasteiger partial charge in [-0.25, -0.2) is 8.42 Å². The summed E-state index contributed by atoms with van der Waals surface area (Å²) in [4.78, 5) is 11.8. The minimum Gasteiger partial charge on any atom is -0.326 e. The average Bonchev–Trinajstić information content (AvgIpc) is 2.26. The molecule has 20 heavy (non-hydrogen) atoms. The van der Waals surface area contributed by atoms with E-state index in [4.69, 9.17) is 0 Å². The predicted molar refractivity (Wildman–Crippen MR) is 81.3 cm³/mol. The quantitative estimate of drug-likeness (QED) is 0.710. The van der Waals surface area contributed by atoms with Crippen molar-refractivity contribution in [2.45, 2.75) is 26.3 Å². The summed E-state index contributed by atoms with van der Waals surface area (Å²) >= 11 is 0. The SMILES string of the molecule is CCNC(C)CC(=O)Nc1cccc(NS(C)(=O)=O)c1. The van der Waals surface area contributed by atoms with Gasteiger partial charge in [0.05, 0.1) is 11.9 Å². The zero-order valence-electron chi connectivity index (χ0n) is 11.9. The van der Waals surface area contributed by atoms with E-state index in [2.05, 4.69) is 15.4 Å². The minimum atomic E-state index is -3.32. The lowest BCUT2D eigenvalue weighted by atomic mass is 10.2. The van der Waals surface area contributed by atoms with Gasteiger partial charge >= 0.3 is 0 Å². The fourth-order valence-electron chi connectivity index (χ4n) is 1.79. The Morgan fingerprint density at radius 3 is 2.55 bits per heavy atom. The molecule has 0 aliphatic rings. The number of hydrogen-bond donors (Lipinski definition) is 3. The maximum Gasteiger partial charge on any atom is 0.229 e. The topological polar surface area (TPSA) is 87.3 Å². The van der Waals surface area contributed by atoms with Crippen LogP contribution in [-0.4, -0.2) is 33.2 Å². The molecular formula is C13H21N3O3S. The van der Waals surface area contributed by atoms with Gasteiger partial charge in [-0.2, -0.15) is 0 Å². The van der Waals surface area contributed by atoms with Crippen LogP contribution in [0.5, 0.6) is 0 Å². The van der Waals surface area contributed by atoms with E-state index < -0.39 is 10.0 Å². The molecule has 0 fully saturated rings. The molecule has 6 nitrogen and oxygen atoms in total. The van der Waals surface area contributed by atoms with Gasteiger partial charge in [0.2, 0.25) is 15.9 Å². The molecule has 1 atom stereocenters. The summed E-state index contributed by atoms with van der Waals surface area (Å²) in [6, 6.07) is 6.69. The molecule has 0 saturated heterocycles. The second-order valence-electron chi connectivity index (χ2n) is 4.67. The normalized spacial score (nSPS) is 12.8. The van der Waals surface area contributed by atoms with Gasteiger partial charge in [-0.3, -0.25) is 9.52 Å². The molecule has 0 radical (unpaired) electrons. The van der Waals surface area contributed by atoms with Gasteiger partial charge in [0.25, 0.3) is 0 Å². The molecule has 1 aromatic carbocycles. The van der Waals surface area contributed by atoms with Gasteiger partial charge < -0.3 is 10.6 Å². The average molecular weight is 299 g/mol. The highest BCUT2D eigenvalue weighted by atomic mass is 32.2. The van der Waals surface area contributed by atoms with E-state index >= 15 is 0 Å². The van der Waals surface area contributed by atoms with Crippen LogP contribution in [-0.2, 0) is 14.8 Å². The summed E-state index contributed by atoms with van der Waals surface area (Å²) in [5, 5.41) is 5.90. The highest BCUT2D eigenvalue weighted by Crippen LogP contribution is 2.16. The van der Waals surface area contributed by atoms with Crippen molar-refractivity contribution in [3.8, 4) is 0 Å². The van der Waals surface area contributed by atoms with Crippen LogP contribution in [0.1, 0.15) is 20.3 Å². The van der Waals surface area contributed by atoms with Crippen LogP contribution in [0.4, 0.5) is 11.4 Å². The lowest BCUT2D eigenvalue weighted by Crippen LogP contribution is -2.30. The number of sulfonamides is 1. The smallest absolute Gasteiger partial charge is 0.229 e. The summed E-state index contributed by atoms with van der Waals surface area (Å²) < 4.78 is 24.7. The van der Waals surface area contributed by atoms with Crippen LogP contribution in [0.2, 0.25) is 0 Å². The fourth-order valence-corrected chi connectivity index (χ4v) is 2.34. The van der Waals surface area contributed by atoms with Gasteiger partial charge in [0, 0.05) is 18.2 Å². The molecular weight excluding hydrogens is 278 g/mol. The molecule has 0 aromatic heterocycles. The van der Waals surface area contributed by atoms with Crippen molar-refractivity contribution < 1.29 is 13.2 Å². The molecule has 1 aromatic rings. The second-order valence-corrected chi connectivity index (χ2v) is 6.41. The van der Waals surface area contributed by atoms with Crippen molar-refractivity contribution in [3.05, 3.63) is 24.3 Å². The molecule has 0 bridgehead atoms. The first kappa shape index (κ1) is 16.5. The third-order valence-corrected chi connectivity index (χ3v) is 3.10. The van der Waals surface area contributed by atoms with Crippen LogP contribution >= 0.6 is 0 Å². The van der Waals surface area contributed by atoms with Crippen molar-refractivity contribution >= 4 is 27.3 Å². The van der Waals surface area contributed by atoms with E-state index in [1.807, 2.05) is 13.8 Å². The number of amides is 1. The van der Waals surface area contributed by atoms with E-state index in [1.54, 1.807) is 24.3 Å². The standard InChI is InChI=1S/C13H21N3O3S/c1-4-14-10(2)8-13(17)15-11-6-5-7-12(9-11)16-20(3,18)19/h5-7,9-10,14,16H,4,8H2,1-3H3,(H,15,17). The predicted octanol–water partition coefficient (Wildman–Crippen LogP) is 1.38. The van der Waals surface area contributed by atoms with Crippen molar-refractivity contribution in [1.29, 1.82) is 0 Å². The summed E-state index contributed by atoms with van der Waals surface area (Å²) in [6.07, 6.45) is 1.44. The minimum absolute atomic E-state index is 0.0947. The van der Waals surface area contributed by atoms with Crippen molar-refractivity contribution in [3.63, 3.8) is 0 Å². The molecule has 0 heterocycles. The number of carbonyl (C=O) groups is 1. The Balaban J connectivity index is 2.64. The molecule has 0 aliphatic carbocycles. The van der Waals surface area contributed by atoms with Crippen molar-refractivity contribution in [2.24, 2.45) is 0 Å². The zero-order valence-corrected chi connectivity index (χ0v) is 12.8. The van der Waals surface area contributed by atoms with Gasteiger partial charge in [-0.15, -0.1) is 0 Å². The third kappa shape index (κ3) is 6.53. The lowest BCUT2D eigenvalue weighted by Gasteiger charge is -2.12. The van der Waals surface area contributed by atoms with E-state index in [0.29, 0.717) is 17.8 Å². The molecule has 7 heteroatoms. The maximum absolute atomic E-state index is 11.8. The molecule has 0 spiro atoms. The lowest BCUT2D eigenvalue weighted by molar-refractivity contribution is -0.116. The van der Waals surface area contributed by atoms with Crippen LogP contribution in [0, 0.1) is 0 Å². The van der Waals surface area contributed by atoms with Crippen LogP contribution < -0.4 is 15.4 Å². The van der Waals surface area contributed by atoms with Gasteiger partial charge in [0.15, 0.2) is 0 Å². The first-order valence-corrected chi connectivity index (χ1v) is 8.30. The molecule has 3 N–H and O–H groups in total. The third-order valence-electron chi connectivity index (χ3n) is 2.49. The summed E-state index contributed by atoms with van der Waals surface area (Å²) in [6.45, 7) is 4.72. The Morgan fingerprint density at radius 2 is 1.95 bits per heavy atom. The summed E-state index contributed by atoms with van der Waals surface area (Å²) in [5.74, 6) is -0.116. The highest BCUT2D eigenvalue weighted by molar-refractivity contribution is 7.92. The number of rotatable bonds is 7. The number of anilines is 2. The fraction of sp³-hybridized carbons (Fsp3) is 0.462. The van der Waals surface area contributed by atoms with Crippen molar-refractivity contribution in [1.82, 2.24) is 5.32 Å². The first-order chi connectivity index (χ1) is 9.30. The van der Waals surface area contributed by atoms with Crippen LogP contribution in [0.25, 0.3) is 0 Å². The molecule has 1 amide bonds. The largest absolute Gasteiger partial charge is 0.326 e. The Kier molecular flexibility index (Phi) is 5.97. The molecule has 0 aliphatic heterocycles. The van der Waals surface area contributed by atoms with Gasteiger partial charge in [0.1, 0.15) is 0 Å². The molecule has 0 saturated carbocycles. The summed E-state index contributed by atoms with van der Waals surface area (Å²) in [7, 11) is -3.32. The number of nitrogens with one attached hydrogen (secondary N) is 3. The molecule has 112 valence electrons. The van der Waals surface area contributed by atoms with E-state index in [-0.39, 0.29) is 11.9 Å². The van der Waals surface area contributed by atoms with Crippen LogP contribution in [0.15, 0.2) is 24.3 Å². The Labute approximate surface area is 120 Å². The maximum atomic E-state index is 11.8. The number of hydrogen-bond acceptors (Lipinski definition) is 4. The molecule has 1 rings (SSSR count). The van der Waals surface area contributed by atoms with E-state index in [1.165, 1.54) is 0 Å². The highest BCUT2D eigenvalue weighted by Gasteiger charge is 2.09. The Hall–Kier alpha value is -1.60. The van der Waals surface area contributed by atoms with Crippen molar-refractivity contribution in [2.75, 3.05) is 22.8 Å². The van der Waals surface area contributed by atoms with Gasteiger partial charge in [-0.1, -0.05) is 13.0 Å².